The van der Waals surface area contributed by atoms with Crippen LogP contribution in [-0.2, 0) is 11.3 Å². The highest BCUT2D eigenvalue weighted by molar-refractivity contribution is 7.99. The van der Waals surface area contributed by atoms with Crippen molar-refractivity contribution in [2.45, 2.75) is 24.7 Å². The second kappa shape index (κ2) is 10.8. The summed E-state index contributed by atoms with van der Waals surface area (Å²) in [6.45, 7) is 6.06. The topological polar surface area (TPSA) is 112 Å². The van der Waals surface area contributed by atoms with Gasteiger partial charge in [-0.05, 0) is 31.2 Å². The van der Waals surface area contributed by atoms with Crippen molar-refractivity contribution in [1.29, 1.82) is 0 Å². The van der Waals surface area contributed by atoms with Crippen LogP contribution in [0.1, 0.15) is 29.2 Å². The molecule has 1 heterocycles. The molecule has 2 aromatic carbocycles. The van der Waals surface area contributed by atoms with Crippen molar-refractivity contribution in [3.8, 4) is 5.75 Å². The molecule has 1 atom stereocenters. The number of ether oxygens (including phenoxy) is 1. The van der Waals surface area contributed by atoms with E-state index in [9.17, 15) is 9.59 Å². The van der Waals surface area contributed by atoms with E-state index in [0.29, 0.717) is 34.0 Å². The van der Waals surface area contributed by atoms with Crippen LogP contribution in [0.5, 0.6) is 5.75 Å². The number of rotatable bonds is 10. The number of carbonyl (C=O) groups excluding carboxylic acids is 2. The summed E-state index contributed by atoms with van der Waals surface area (Å²) in [5.41, 5.74) is 5.96. The second-order valence-corrected chi connectivity index (χ2v) is 8.03. The molecule has 0 aliphatic heterocycles. The van der Waals surface area contributed by atoms with Crippen LogP contribution in [0.4, 0.5) is 5.69 Å². The van der Waals surface area contributed by atoms with Crippen molar-refractivity contribution in [1.82, 2.24) is 14.8 Å². The number of nitrogens with two attached hydrogens (primary N) is 1. The SMILES string of the molecule is C=CCn1c(SCC(=O)Nc2ccccc2C(N)=O)nnc1C(C)Oc1ccccc1Cl. The van der Waals surface area contributed by atoms with Crippen molar-refractivity contribution in [2.24, 2.45) is 5.73 Å². The fourth-order valence-electron chi connectivity index (χ4n) is 2.92. The van der Waals surface area contributed by atoms with Gasteiger partial charge in [0.15, 0.2) is 17.1 Å². The third-order valence-electron chi connectivity index (χ3n) is 4.36. The molecule has 0 saturated heterocycles. The first kappa shape index (κ1) is 23.4. The first-order valence-corrected chi connectivity index (χ1v) is 11.0. The standard InChI is InChI=1S/C22H22ClN5O3S/c1-3-12-28-21(14(2)31-18-11-7-5-9-16(18)23)26-27-22(28)32-13-19(29)25-17-10-6-4-8-15(17)20(24)30/h3-11,14H,1,12-13H2,2H3,(H2,24,30)(H,25,29). The van der Waals surface area contributed by atoms with Gasteiger partial charge in [0.05, 0.1) is 22.0 Å². The molecule has 32 heavy (non-hydrogen) atoms. The van der Waals surface area contributed by atoms with E-state index in [2.05, 4.69) is 22.1 Å². The third kappa shape index (κ3) is 5.68. The zero-order valence-corrected chi connectivity index (χ0v) is 18.9. The van der Waals surface area contributed by atoms with E-state index in [4.69, 9.17) is 22.1 Å². The lowest BCUT2D eigenvalue weighted by Gasteiger charge is -2.16. The number of hydrogen-bond donors (Lipinski definition) is 2. The van der Waals surface area contributed by atoms with Crippen LogP contribution in [-0.4, -0.2) is 32.3 Å². The number of halogens is 1. The van der Waals surface area contributed by atoms with E-state index < -0.39 is 12.0 Å². The Morgan fingerprint density at radius 3 is 2.69 bits per heavy atom. The van der Waals surface area contributed by atoms with Crippen molar-refractivity contribution >= 4 is 40.9 Å². The number of nitrogens with one attached hydrogen (secondary N) is 1. The summed E-state index contributed by atoms with van der Waals surface area (Å²) >= 11 is 7.39. The number of allylic oxidation sites excluding steroid dienone is 1. The number of benzene rings is 2. The molecule has 1 unspecified atom stereocenters. The van der Waals surface area contributed by atoms with Crippen molar-refractivity contribution in [2.75, 3.05) is 11.1 Å². The molecule has 10 heteroatoms. The van der Waals surface area contributed by atoms with Crippen LogP contribution in [0, 0.1) is 0 Å². The second-order valence-electron chi connectivity index (χ2n) is 6.68. The Bertz CT molecular complexity index is 1130. The van der Waals surface area contributed by atoms with Crippen molar-refractivity contribution in [3.63, 3.8) is 0 Å². The normalized spacial score (nSPS) is 11.6. The summed E-state index contributed by atoms with van der Waals surface area (Å²) in [6.07, 6.45) is 1.27. The lowest BCUT2D eigenvalue weighted by Crippen LogP contribution is -2.19. The van der Waals surface area contributed by atoms with Crippen LogP contribution < -0.4 is 15.8 Å². The van der Waals surface area contributed by atoms with Gasteiger partial charge in [0.25, 0.3) is 5.91 Å². The minimum Gasteiger partial charge on any atom is -0.481 e. The molecule has 8 nitrogen and oxygen atoms in total. The number of amides is 2. The molecule has 1 aromatic heterocycles. The zero-order chi connectivity index (χ0) is 23.1. The lowest BCUT2D eigenvalue weighted by molar-refractivity contribution is -0.113. The number of hydrogen-bond acceptors (Lipinski definition) is 6. The molecular formula is C22H22ClN5O3S. The minimum atomic E-state index is -0.614. The molecule has 0 aliphatic carbocycles. The lowest BCUT2D eigenvalue weighted by atomic mass is 10.1. The molecule has 3 N–H and O–H groups in total. The van der Waals surface area contributed by atoms with Crippen molar-refractivity contribution in [3.05, 3.63) is 77.6 Å². The number of primary amides is 1. The number of anilines is 1. The van der Waals surface area contributed by atoms with E-state index in [1.807, 2.05) is 23.6 Å². The molecule has 0 aliphatic rings. The molecule has 0 radical (unpaired) electrons. The van der Waals surface area contributed by atoms with E-state index >= 15 is 0 Å². The molecule has 0 bridgehead atoms. The average Bonchev–Trinajstić information content (AvgIpc) is 3.17. The molecular weight excluding hydrogens is 450 g/mol. The predicted octanol–water partition coefficient (Wildman–Crippen LogP) is 4.09. The van der Waals surface area contributed by atoms with Gasteiger partial charge in [-0.1, -0.05) is 53.7 Å². The molecule has 2 amide bonds. The first-order valence-electron chi connectivity index (χ1n) is 9.67. The van der Waals surface area contributed by atoms with Gasteiger partial charge in [-0.3, -0.25) is 14.2 Å². The summed E-state index contributed by atoms with van der Waals surface area (Å²) in [4.78, 5) is 24.0. The summed E-state index contributed by atoms with van der Waals surface area (Å²) in [5.74, 6) is 0.251. The van der Waals surface area contributed by atoms with Gasteiger partial charge < -0.3 is 15.8 Å². The fourth-order valence-corrected chi connectivity index (χ4v) is 3.85. The highest BCUT2D eigenvalue weighted by Crippen LogP contribution is 2.29. The highest BCUT2D eigenvalue weighted by atomic mass is 35.5. The van der Waals surface area contributed by atoms with Crippen LogP contribution >= 0.6 is 23.4 Å². The predicted molar refractivity (Wildman–Crippen MR) is 125 cm³/mol. The van der Waals surface area contributed by atoms with E-state index in [1.54, 1.807) is 42.5 Å². The van der Waals surface area contributed by atoms with Gasteiger partial charge >= 0.3 is 0 Å². The number of nitrogens with zero attached hydrogens (tertiary/aromatic N) is 3. The molecule has 0 saturated carbocycles. The van der Waals surface area contributed by atoms with E-state index in [-0.39, 0.29) is 17.2 Å². The summed E-state index contributed by atoms with van der Waals surface area (Å²) in [5, 5.41) is 12.2. The molecule has 0 spiro atoms. The number of carbonyl (C=O) groups is 2. The largest absolute Gasteiger partial charge is 0.481 e. The van der Waals surface area contributed by atoms with Crippen molar-refractivity contribution < 1.29 is 14.3 Å². The van der Waals surface area contributed by atoms with Gasteiger partial charge in [-0.25, -0.2) is 0 Å². The Balaban J connectivity index is 1.70. The number of thioether (sulfide) groups is 1. The number of aromatic nitrogens is 3. The zero-order valence-electron chi connectivity index (χ0n) is 17.3. The first-order chi connectivity index (χ1) is 15.4. The smallest absolute Gasteiger partial charge is 0.250 e. The maximum Gasteiger partial charge on any atom is 0.250 e. The number of para-hydroxylation sites is 2. The van der Waals surface area contributed by atoms with Crippen LogP contribution in [0.15, 0.2) is 66.3 Å². The summed E-state index contributed by atoms with van der Waals surface area (Å²) in [7, 11) is 0. The quantitative estimate of drug-likeness (QED) is 0.340. The Labute approximate surface area is 194 Å². The van der Waals surface area contributed by atoms with Gasteiger partial charge in [-0.2, -0.15) is 0 Å². The summed E-state index contributed by atoms with van der Waals surface area (Å²) < 4.78 is 7.77. The van der Waals surface area contributed by atoms with Gasteiger partial charge in [0.2, 0.25) is 5.91 Å². The van der Waals surface area contributed by atoms with Crippen LogP contribution in [0.2, 0.25) is 5.02 Å². The Kier molecular flexibility index (Phi) is 7.91. The third-order valence-corrected chi connectivity index (χ3v) is 5.64. The van der Waals surface area contributed by atoms with E-state index in [0.717, 1.165) is 0 Å². The maximum atomic E-state index is 12.4. The molecule has 0 fully saturated rings. The molecule has 166 valence electrons. The van der Waals surface area contributed by atoms with Gasteiger partial charge in [0, 0.05) is 6.54 Å². The van der Waals surface area contributed by atoms with Gasteiger partial charge in [-0.15, -0.1) is 16.8 Å². The Hall–Kier alpha value is -3.30. The van der Waals surface area contributed by atoms with Crippen LogP contribution in [0.25, 0.3) is 0 Å². The molecule has 3 aromatic rings. The molecule has 3 rings (SSSR count). The average molecular weight is 472 g/mol. The maximum absolute atomic E-state index is 12.4. The highest BCUT2D eigenvalue weighted by Gasteiger charge is 2.20. The fraction of sp³-hybridized carbons (Fsp3) is 0.182. The van der Waals surface area contributed by atoms with E-state index in [1.165, 1.54) is 11.8 Å². The monoisotopic (exact) mass is 471 g/mol. The van der Waals surface area contributed by atoms with Gasteiger partial charge in [0.1, 0.15) is 5.75 Å². The Morgan fingerprint density at radius 2 is 1.97 bits per heavy atom. The Morgan fingerprint density at radius 1 is 1.25 bits per heavy atom. The summed E-state index contributed by atoms with van der Waals surface area (Å²) in [6, 6.07) is 13.7. The van der Waals surface area contributed by atoms with Crippen LogP contribution in [0.3, 0.4) is 0 Å². The minimum absolute atomic E-state index is 0.0577.